The van der Waals surface area contributed by atoms with Crippen molar-refractivity contribution in [3.8, 4) is 11.3 Å². The molecule has 1 N–H and O–H groups in total. The monoisotopic (exact) mass is 287 g/mol. The molecule has 3 amide bonds. The van der Waals surface area contributed by atoms with E-state index in [0.717, 1.165) is 17.7 Å². The Morgan fingerprint density at radius 3 is 2.65 bits per heavy atom. The highest BCUT2D eigenvalue weighted by atomic mass is 32.1. The number of amides is 3. The first kappa shape index (κ1) is 12.8. The molecule has 2 heterocycles. The van der Waals surface area contributed by atoms with Crippen LogP contribution in [0.15, 0.2) is 29.6 Å². The van der Waals surface area contributed by atoms with Crippen LogP contribution >= 0.6 is 11.3 Å². The molecule has 0 unspecified atom stereocenters. The van der Waals surface area contributed by atoms with E-state index in [1.54, 1.807) is 0 Å². The van der Waals surface area contributed by atoms with Gasteiger partial charge in [-0.2, -0.15) is 0 Å². The van der Waals surface area contributed by atoms with Gasteiger partial charge in [-0.15, -0.1) is 11.3 Å². The lowest BCUT2D eigenvalue weighted by Gasteiger charge is -2.07. The zero-order chi connectivity index (χ0) is 14.1. The first-order chi connectivity index (χ1) is 9.67. The SMILES string of the molecule is CCc1ccc(-c2csc(N3CC(=O)NC3=O)n2)cc1. The molecule has 0 radical (unpaired) electrons. The Hall–Kier alpha value is -2.21. The summed E-state index contributed by atoms with van der Waals surface area (Å²) in [5.41, 5.74) is 3.10. The van der Waals surface area contributed by atoms with Gasteiger partial charge in [0, 0.05) is 10.9 Å². The van der Waals surface area contributed by atoms with Crippen LogP contribution in [0.25, 0.3) is 11.3 Å². The Morgan fingerprint density at radius 1 is 1.30 bits per heavy atom. The van der Waals surface area contributed by atoms with Gasteiger partial charge < -0.3 is 0 Å². The number of nitrogens with one attached hydrogen (secondary N) is 1. The molecule has 0 aliphatic carbocycles. The van der Waals surface area contributed by atoms with Gasteiger partial charge in [0.25, 0.3) is 0 Å². The van der Waals surface area contributed by atoms with E-state index in [4.69, 9.17) is 0 Å². The predicted octanol–water partition coefficient (Wildman–Crippen LogP) is 2.43. The van der Waals surface area contributed by atoms with Crippen LogP contribution in [0.3, 0.4) is 0 Å². The smallest absolute Gasteiger partial charge is 0.276 e. The highest BCUT2D eigenvalue weighted by Gasteiger charge is 2.30. The Morgan fingerprint density at radius 2 is 2.05 bits per heavy atom. The van der Waals surface area contributed by atoms with E-state index >= 15 is 0 Å². The first-order valence-electron chi connectivity index (χ1n) is 6.33. The van der Waals surface area contributed by atoms with Crippen molar-refractivity contribution < 1.29 is 9.59 Å². The highest BCUT2D eigenvalue weighted by molar-refractivity contribution is 7.14. The van der Waals surface area contributed by atoms with Gasteiger partial charge in [-0.25, -0.2) is 9.78 Å². The molecule has 1 aliphatic rings. The van der Waals surface area contributed by atoms with Gasteiger partial charge in [-0.1, -0.05) is 31.2 Å². The summed E-state index contributed by atoms with van der Waals surface area (Å²) < 4.78 is 0. The van der Waals surface area contributed by atoms with Crippen molar-refractivity contribution in [1.82, 2.24) is 10.3 Å². The highest BCUT2D eigenvalue weighted by Crippen LogP contribution is 2.28. The minimum Gasteiger partial charge on any atom is -0.276 e. The maximum atomic E-state index is 11.6. The van der Waals surface area contributed by atoms with Crippen LogP contribution in [0.2, 0.25) is 0 Å². The largest absolute Gasteiger partial charge is 0.330 e. The number of rotatable bonds is 3. The molecule has 0 atom stereocenters. The number of benzene rings is 1. The van der Waals surface area contributed by atoms with Crippen molar-refractivity contribution in [2.75, 3.05) is 11.4 Å². The van der Waals surface area contributed by atoms with Crippen LogP contribution in [0.4, 0.5) is 9.93 Å². The normalized spacial score (nSPS) is 14.8. The molecule has 1 fully saturated rings. The summed E-state index contributed by atoms with van der Waals surface area (Å²) in [6, 6.07) is 7.78. The van der Waals surface area contributed by atoms with Crippen LogP contribution < -0.4 is 10.2 Å². The molecule has 1 aliphatic heterocycles. The van der Waals surface area contributed by atoms with E-state index in [2.05, 4.69) is 29.4 Å². The Labute approximate surface area is 120 Å². The number of nitrogens with zero attached hydrogens (tertiary/aromatic N) is 2. The molecule has 0 bridgehead atoms. The summed E-state index contributed by atoms with van der Waals surface area (Å²) >= 11 is 1.36. The second-order valence-corrected chi connectivity index (χ2v) is 5.34. The minimum atomic E-state index is -0.405. The molecule has 3 rings (SSSR count). The lowest BCUT2D eigenvalue weighted by atomic mass is 10.1. The summed E-state index contributed by atoms with van der Waals surface area (Å²) in [4.78, 5) is 28.6. The molecule has 0 spiro atoms. The third kappa shape index (κ3) is 2.30. The van der Waals surface area contributed by atoms with Gasteiger partial charge in [0.2, 0.25) is 5.91 Å². The van der Waals surface area contributed by atoms with Gasteiger partial charge in [-0.05, 0) is 12.0 Å². The zero-order valence-electron chi connectivity index (χ0n) is 10.9. The summed E-state index contributed by atoms with van der Waals surface area (Å²) in [6.45, 7) is 2.15. The van der Waals surface area contributed by atoms with Gasteiger partial charge in [-0.3, -0.25) is 15.0 Å². The standard InChI is InChI=1S/C14H13N3O2S/c1-2-9-3-5-10(6-4-9)11-8-20-14(15-11)17-7-12(18)16-13(17)19/h3-6,8H,2,7H2,1H3,(H,16,18,19). The van der Waals surface area contributed by atoms with Gasteiger partial charge >= 0.3 is 6.03 Å². The molecule has 20 heavy (non-hydrogen) atoms. The summed E-state index contributed by atoms with van der Waals surface area (Å²) in [6.07, 6.45) is 0.999. The fourth-order valence-corrected chi connectivity index (χ4v) is 2.86. The van der Waals surface area contributed by atoms with E-state index in [9.17, 15) is 9.59 Å². The fraction of sp³-hybridized carbons (Fsp3) is 0.214. The number of hydrogen-bond acceptors (Lipinski definition) is 4. The fourth-order valence-electron chi connectivity index (χ4n) is 2.03. The maximum absolute atomic E-state index is 11.6. The topological polar surface area (TPSA) is 62.3 Å². The third-order valence-electron chi connectivity index (χ3n) is 3.17. The van der Waals surface area contributed by atoms with Crippen LogP contribution in [-0.4, -0.2) is 23.5 Å². The Kier molecular flexibility index (Phi) is 3.23. The number of urea groups is 1. The number of carbonyl (C=O) groups is 2. The number of thiazole rings is 1. The molecular formula is C14H13N3O2S. The van der Waals surface area contributed by atoms with Crippen molar-refractivity contribution in [2.45, 2.75) is 13.3 Å². The van der Waals surface area contributed by atoms with E-state index < -0.39 is 6.03 Å². The van der Waals surface area contributed by atoms with Crippen LogP contribution in [0.5, 0.6) is 0 Å². The molecule has 5 nitrogen and oxygen atoms in total. The summed E-state index contributed by atoms with van der Waals surface area (Å²) in [5.74, 6) is -0.293. The summed E-state index contributed by atoms with van der Waals surface area (Å²) in [5, 5.41) is 4.68. The lowest BCUT2D eigenvalue weighted by Crippen LogP contribution is -2.27. The molecule has 6 heteroatoms. The second-order valence-electron chi connectivity index (χ2n) is 4.51. The number of carbonyl (C=O) groups excluding carboxylic acids is 2. The van der Waals surface area contributed by atoms with Crippen molar-refractivity contribution in [3.63, 3.8) is 0 Å². The van der Waals surface area contributed by atoms with Crippen LogP contribution in [0.1, 0.15) is 12.5 Å². The molecule has 2 aromatic rings. The maximum Gasteiger partial charge on any atom is 0.330 e. The Balaban J connectivity index is 1.86. The number of aryl methyl sites for hydroxylation is 1. The van der Waals surface area contributed by atoms with Gasteiger partial charge in [0.15, 0.2) is 5.13 Å². The Bertz CT molecular complexity index is 663. The number of hydrogen-bond donors (Lipinski definition) is 1. The number of anilines is 1. The van der Waals surface area contributed by atoms with Crippen molar-refractivity contribution in [2.24, 2.45) is 0 Å². The minimum absolute atomic E-state index is 0.0422. The zero-order valence-corrected chi connectivity index (χ0v) is 11.7. The molecule has 1 saturated heterocycles. The van der Waals surface area contributed by atoms with E-state index in [1.165, 1.54) is 21.8 Å². The summed E-state index contributed by atoms with van der Waals surface area (Å²) in [7, 11) is 0. The van der Waals surface area contributed by atoms with Gasteiger partial charge in [0.05, 0.1) is 5.69 Å². The van der Waals surface area contributed by atoms with E-state index in [1.807, 2.05) is 17.5 Å². The van der Waals surface area contributed by atoms with Crippen molar-refractivity contribution in [1.29, 1.82) is 0 Å². The lowest BCUT2D eigenvalue weighted by molar-refractivity contribution is -0.117. The molecule has 1 aromatic carbocycles. The average Bonchev–Trinajstić information content (AvgIpc) is 3.05. The predicted molar refractivity (Wildman–Crippen MR) is 77.8 cm³/mol. The van der Waals surface area contributed by atoms with Crippen LogP contribution in [-0.2, 0) is 11.2 Å². The number of imide groups is 1. The third-order valence-corrected chi connectivity index (χ3v) is 4.04. The number of aromatic nitrogens is 1. The van der Waals surface area contributed by atoms with Crippen LogP contribution in [0, 0.1) is 0 Å². The van der Waals surface area contributed by atoms with Crippen molar-refractivity contribution >= 4 is 28.4 Å². The van der Waals surface area contributed by atoms with Crippen molar-refractivity contribution in [3.05, 3.63) is 35.2 Å². The first-order valence-corrected chi connectivity index (χ1v) is 7.21. The molecule has 1 aromatic heterocycles. The molecular weight excluding hydrogens is 274 g/mol. The molecule has 102 valence electrons. The quantitative estimate of drug-likeness (QED) is 0.882. The van der Waals surface area contributed by atoms with E-state index in [-0.39, 0.29) is 12.5 Å². The molecule has 0 saturated carbocycles. The average molecular weight is 287 g/mol. The van der Waals surface area contributed by atoms with E-state index in [0.29, 0.717) is 5.13 Å². The second kappa shape index (κ2) is 5.05. The van der Waals surface area contributed by atoms with Gasteiger partial charge in [0.1, 0.15) is 6.54 Å².